The first-order valence-corrected chi connectivity index (χ1v) is 4.88. The molecule has 0 amide bonds. The molecule has 0 aromatic heterocycles. The van der Waals surface area contributed by atoms with Crippen molar-refractivity contribution in [1.82, 2.24) is 0 Å². The summed E-state index contributed by atoms with van der Waals surface area (Å²) in [5.41, 5.74) is 16.1. The molecule has 0 fully saturated rings. The second-order valence-corrected chi connectivity index (χ2v) is 3.23. The Labute approximate surface area is 92.8 Å². The van der Waals surface area contributed by atoms with E-state index in [1.807, 2.05) is 6.92 Å². The van der Waals surface area contributed by atoms with Gasteiger partial charge >= 0.3 is 5.97 Å². The largest absolute Gasteiger partial charge is 0.466 e. The average molecular weight is 226 g/mol. The zero-order valence-electron chi connectivity index (χ0n) is 9.11. The van der Waals surface area contributed by atoms with Crippen LogP contribution in [-0.4, -0.2) is 25.7 Å². The first-order chi connectivity index (χ1) is 7.70. The lowest BCUT2D eigenvalue weighted by molar-refractivity contribution is -0.143. The molecule has 0 bridgehead atoms. The van der Waals surface area contributed by atoms with Crippen molar-refractivity contribution in [3.63, 3.8) is 0 Å². The topological polar surface area (TPSA) is 124 Å². The molecular weight excluding hydrogens is 212 g/mol. The van der Waals surface area contributed by atoms with Gasteiger partial charge in [-0.2, -0.15) is 0 Å². The third-order valence-electron chi connectivity index (χ3n) is 1.82. The number of carbonyl (C=O) groups is 1. The summed E-state index contributed by atoms with van der Waals surface area (Å²) in [5, 5.41) is 6.64. The summed E-state index contributed by atoms with van der Waals surface area (Å²) in [6.45, 7) is 2.52. The van der Waals surface area contributed by atoms with Crippen molar-refractivity contribution < 1.29 is 9.53 Å². The predicted octanol–water partition coefficient (Wildman–Crippen LogP) is 2.57. The third kappa shape index (κ3) is 8.68. The molecule has 0 aliphatic heterocycles. The minimum Gasteiger partial charge on any atom is -0.466 e. The van der Waals surface area contributed by atoms with Crippen LogP contribution in [-0.2, 0) is 9.53 Å². The van der Waals surface area contributed by atoms with Crippen LogP contribution in [0.5, 0.6) is 0 Å². The van der Waals surface area contributed by atoms with Gasteiger partial charge in [0, 0.05) is 22.8 Å². The first-order valence-electron chi connectivity index (χ1n) is 4.88. The Morgan fingerprint density at radius 2 is 2.06 bits per heavy atom. The van der Waals surface area contributed by atoms with Gasteiger partial charge < -0.3 is 4.74 Å². The number of nitrogens with zero attached hydrogens (tertiary/aromatic N) is 6. The number of hydrogen-bond acceptors (Lipinski definition) is 4. The Kier molecular flexibility index (Phi) is 8.49. The number of azide groups is 2. The first kappa shape index (κ1) is 14.1. The highest BCUT2D eigenvalue weighted by Crippen LogP contribution is 2.06. The third-order valence-corrected chi connectivity index (χ3v) is 1.82. The Bertz CT molecular complexity index is 306. The minimum atomic E-state index is -0.332. The second-order valence-electron chi connectivity index (χ2n) is 3.23. The highest BCUT2D eigenvalue weighted by Gasteiger charge is 2.06. The van der Waals surface area contributed by atoms with Gasteiger partial charge in [-0.3, -0.25) is 4.79 Å². The van der Waals surface area contributed by atoms with Crippen molar-refractivity contribution in [2.75, 3.05) is 19.7 Å². The van der Waals surface area contributed by atoms with E-state index < -0.39 is 0 Å². The molecule has 0 aliphatic carbocycles. The van der Waals surface area contributed by atoms with Crippen molar-refractivity contribution in [2.24, 2.45) is 16.1 Å². The highest BCUT2D eigenvalue weighted by molar-refractivity contribution is 5.69. The van der Waals surface area contributed by atoms with Crippen LogP contribution in [0, 0.1) is 5.92 Å². The number of carbonyl (C=O) groups excluding carboxylic acids is 1. The SMILES string of the molecule is CC(CCC(=O)OCCN=[N+]=[N-])CN=[N+]=[N-]. The molecule has 8 heteroatoms. The van der Waals surface area contributed by atoms with Gasteiger partial charge in [-0.1, -0.05) is 17.2 Å². The fraction of sp³-hybridized carbons (Fsp3) is 0.875. The molecule has 0 N–H and O–H groups in total. The van der Waals surface area contributed by atoms with Gasteiger partial charge in [-0.05, 0) is 23.4 Å². The fourth-order valence-electron chi connectivity index (χ4n) is 0.949. The minimum absolute atomic E-state index is 0.105. The lowest BCUT2D eigenvalue weighted by atomic mass is 10.1. The van der Waals surface area contributed by atoms with Crippen molar-refractivity contribution in [3.8, 4) is 0 Å². The van der Waals surface area contributed by atoms with Crippen molar-refractivity contribution in [3.05, 3.63) is 20.9 Å². The molecule has 0 aromatic rings. The molecule has 0 aromatic carbocycles. The van der Waals surface area contributed by atoms with E-state index in [2.05, 4.69) is 20.1 Å². The maximum atomic E-state index is 11.1. The number of esters is 1. The number of rotatable bonds is 8. The summed E-state index contributed by atoms with van der Waals surface area (Å²) < 4.78 is 4.79. The normalized spacial score (nSPS) is 10.8. The van der Waals surface area contributed by atoms with Crippen LogP contribution in [0.4, 0.5) is 0 Å². The van der Waals surface area contributed by atoms with E-state index >= 15 is 0 Å². The Morgan fingerprint density at radius 1 is 1.38 bits per heavy atom. The van der Waals surface area contributed by atoms with E-state index in [1.54, 1.807) is 0 Å². The van der Waals surface area contributed by atoms with Gasteiger partial charge in [-0.25, -0.2) is 0 Å². The van der Waals surface area contributed by atoms with E-state index in [0.29, 0.717) is 13.0 Å². The molecule has 0 saturated carbocycles. The Morgan fingerprint density at radius 3 is 2.69 bits per heavy atom. The van der Waals surface area contributed by atoms with Gasteiger partial charge in [0.1, 0.15) is 0 Å². The molecule has 0 spiro atoms. The Balaban J connectivity index is 3.56. The maximum Gasteiger partial charge on any atom is 0.305 e. The van der Waals surface area contributed by atoms with Crippen LogP contribution in [0.25, 0.3) is 20.9 Å². The zero-order valence-corrected chi connectivity index (χ0v) is 9.11. The molecule has 16 heavy (non-hydrogen) atoms. The van der Waals surface area contributed by atoms with Gasteiger partial charge in [-0.15, -0.1) is 0 Å². The average Bonchev–Trinajstić information content (AvgIpc) is 2.29. The molecule has 0 aliphatic rings. The summed E-state index contributed by atoms with van der Waals surface area (Å²) in [6, 6.07) is 0. The van der Waals surface area contributed by atoms with Crippen LogP contribution in [0.1, 0.15) is 19.8 Å². The predicted molar refractivity (Wildman–Crippen MR) is 57.4 cm³/mol. The fourth-order valence-corrected chi connectivity index (χ4v) is 0.949. The van der Waals surface area contributed by atoms with E-state index in [0.717, 1.165) is 0 Å². The maximum absolute atomic E-state index is 11.1. The molecule has 88 valence electrons. The quantitative estimate of drug-likeness (QED) is 0.207. The van der Waals surface area contributed by atoms with Gasteiger partial charge in [0.25, 0.3) is 0 Å². The molecule has 1 atom stereocenters. The summed E-state index contributed by atoms with van der Waals surface area (Å²) in [5.74, 6) is -0.179. The molecule has 0 rings (SSSR count). The van der Waals surface area contributed by atoms with Crippen LogP contribution in [0.15, 0.2) is 10.2 Å². The monoisotopic (exact) mass is 226 g/mol. The van der Waals surface area contributed by atoms with Gasteiger partial charge in [0.2, 0.25) is 0 Å². The van der Waals surface area contributed by atoms with E-state index in [-0.39, 0.29) is 31.5 Å². The van der Waals surface area contributed by atoms with E-state index in [4.69, 9.17) is 15.8 Å². The van der Waals surface area contributed by atoms with Gasteiger partial charge in [0.15, 0.2) is 0 Å². The van der Waals surface area contributed by atoms with Crippen molar-refractivity contribution in [2.45, 2.75) is 19.8 Å². The zero-order chi connectivity index (χ0) is 12.2. The standard InChI is InChI=1S/C8H14N6O2/c1-7(6-12-14-10)2-3-8(15)16-5-4-11-13-9/h7H,2-6H2,1H3. The van der Waals surface area contributed by atoms with Gasteiger partial charge in [0.05, 0.1) is 13.2 Å². The van der Waals surface area contributed by atoms with Crippen molar-refractivity contribution >= 4 is 5.97 Å². The number of hydrogen-bond donors (Lipinski definition) is 0. The van der Waals surface area contributed by atoms with Crippen molar-refractivity contribution in [1.29, 1.82) is 0 Å². The molecular formula is C8H14N6O2. The molecule has 8 nitrogen and oxygen atoms in total. The highest BCUT2D eigenvalue weighted by atomic mass is 16.5. The van der Waals surface area contributed by atoms with E-state index in [9.17, 15) is 4.79 Å². The van der Waals surface area contributed by atoms with Crippen LogP contribution in [0.3, 0.4) is 0 Å². The summed E-state index contributed by atoms with van der Waals surface area (Å²) in [4.78, 5) is 16.3. The lowest BCUT2D eigenvalue weighted by Gasteiger charge is -2.07. The van der Waals surface area contributed by atoms with Crippen LogP contribution >= 0.6 is 0 Å². The summed E-state index contributed by atoms with van der Waals surface area (Å²) >= 11 is 0. The Hall–Kier alpha value is -1.91. The number of ether oxygens (including phenoxy) is 1. The smallest absolute Gasteiger partial charge is 0.305 e. The van der Waals surface area contributed by atoms with E-state index in [1.165, 1.54) is 0 Å². The van der Waals surface area contributed by atoms with Crippen LogP contribution < -0.4 is 0 Å². The molecule has 1 unspecified atom stereocenters. The molecule has 0 radical (unpaired) electrons. The van der Waals surface area contributed by atoms with Crippen LogP contribution in [0.2, 0.25) is 0 Å². The second kappa shape index (κ2) is 9.64. The summed E-state index contributed by atoms with van der Waals surface area (Å²) in [7, 11) is 0. The molecule has 0 heterocycles. The lowest BCUT2D eigenvalue weighted by Crippen LogP contribution is -2.10. The summed E-state index contributed by atoms with van der Waals surface area (Å²) in [6.07, 6.45) is 0.887. The molecule has 0 saturated heterocycles.